The van der Waals surface area contributed by atoms with Crippen molar-refractivity contribution in [1.82, 2.24) is 0 Å². The number of rotatable bonds is 10. The maximum Gasteiger partial charge on any atom is 0.0694 e. The first-order chi connectivity index (χ1) is 15.9. The van der Waals surface area contributed by atoms with Crippen LogP contribution in [0.25, 0.3) is 0 Å². The van der Waals surface area contributed by atoms with Crippen LogP contribution in [0, 0.1) is 0 Å². The van der Waals surface area contributed by atoms with Crippen LogP contribution in [-0.4, -0.2) is 34.0 Å². The van der Waals surface area contributed by atoms with Crippen LogP contribution in [0.2, 0.25) is 0 Å². The van der Waals surface area contributed by atoms with Crippen LogP contribution in [0.5, 0.6) is 0 Å². The molecule has 0 atom stereocenters. The van der Waals surface area contributed by atoms with Crippen molar-refractivity contribution in [2.75, 3.05) is 0 Å². The summed E-state index contributed by atoms with van der Waals surface area (Å²) in [5, 5.41) is 4.68. The second-order valence-corrected chi connectivity index (χ2v) is 22.1. The molecule has 4 heteroatoms. The summed E-state index contributed by atoms with van der Waals surface area (Å²) in [6, 6.07) is 18.5. The van der Waals surface area contributed by atoms with Crippen LogP contribution < -0.4 is 15.9 Å². The second-order valence-electron chi connectivity index (χ2n) is 11.2. The van der Waals surface area contributed by atoms with E-state index in [0.29, 0.717) is 34.0 Å². The van der Waals surface area contributed by atoms with Gasteiger partial charge in [0.25, 0.3) is 0 Å². The lowest BCUT2D eigenvalue weighted by Crippen LogP contribution is -2.33. The largest absolute Gasteiger partial charge is 0.262 e. The summed E-state index contributed by atoms with van der Waals surface area (Å²) in [6.07, 6.45) is 0. The van der Waals surface area contributed by atoms with Crippen LogP contribution in [0.4, 0.5) is 5.69 Å². The van der Waals surface area contributed by atoms with Crippen molar-refractivity contribution < 1.29 is 0 Å². The van der Waals surface area contributed by atoms with Gasteiger partial charge in [-0.1, -0.05) is 141 Å². The van der Waals surface area contributed by atoms with E-state index in [1.54, 1.807) is 10.6 Å². The minimum absolute atomic E-state index is 0.252. The van der Waals surface area contributed by atoms with E-state index in [9.17, 15) is 0 Å². The van der Waals surface area contributed by atoms with Crippen molar-refractivity contribution in [2.24, 2.45) is 4.74 Å². The highest BCUT2D eigenvalue weighted by atomic mass is 31.2. The number of nitrogens with zero attached hydrogens (tertiary/aromatic N) is 1. The molecule has 0 unspecified atom stereocenters. The molecule has 0 radical (unpaired) electrons. The van der Waals surface area contributed by atoms with Crippen molar-refractivity contribution >= 4 is 44.5 Å². The van der Waals surface area contributed by atoms with Crippen LogP contribution in [-0.2, 0) is 0 Å². The molecule has 0 saturated carbocycles. The Hall–Kier alpha value is -0.470. The third kappa shape index (κ3) is 6.26. The van der Waals surface area contributed by atoms with Crippen LogP contribution in [0.3, 0.4) is 0 Å². The van der Waals surface area contributed by atoms with E-state index in [1.807, 2.05) is 0 Å². The summed E-state index contributed by atoms with van der Waals surface area (Å²) >= 11 is 0. The van der Waals surface area contributed by atoms with E-state index in [4.69, 9.17) is 4.74 Å². The Bertz CT molecular complexity index is 945. The van der Waals surface area contributed by atoms with Crippen LogP contribution in [0.15, 0.2) is 53.3 Å². The standard InChI is InChI=1S/C30H50NP3/c1-21(2)32(22(3)4)28-18-14-13-17-27(28)31-34(25(9)10,26(11)12)30-20-16-15-19-29(30)33(23(5)6)24(7)8/h13-26H,1-12H3. The SMILES string of the molecule is CC(C)P(c1ccccc1N=P(c1ccccc1P(C(C)C)C(C)C)(C(C)C)C(C)C)C(C)C. The minimum Gasteiger partial charge on any atom is -0.262 e. The Morgan fingerprint density at radius 2 is 0.912 bits per heavy atom. The molecule has 190 valence electrons. The molecule has 0 aromatic heterocycles. The molecule has 2 aromatic carbocycles. The van der Waals surface area contributed by atoms with E-state index >= 15 is 0 Å². The zero-order chi connectivity index (χ0) is 25.8. The predicted octanol–water partition coefficient (Wildman–Crippen LogP) is 9.51. The monoisotopic (exact) mass is 517 g/mol. The highest BCUT2D eigenvalue weighted by molar-refractivity contribution is 7.78. The average molecular weight is 518 g/mol. The Balaban J connectivity index is 2.97. The average Bonchev–Trinajstić information content (AvgIpc) is 2.72. The maximum atomic E-state index is 5.94. The van der Waals surface area contributed by atoms with E-state index < -0.39 is 7.05 Å². The van der Waals surface area contributed by atoms with Gasteiger partial charge in [-0.2, -0.15) is 0 Å². The van der Waals surface area contributed by atoms with Gasteiger partial charge in [-0.3, -0.25) is 4.74 Å². The van der Waals surface area contributed by atoms with Gasteiger partial charge in [-0.25, -0.2) is 0 Å². The smallest absolute Gasteiger partial charge is 0.0694 e. The van der Waals surface area contributed by atoms with Gasteiger partial charge in [0.2, 0.25) is 0 Å². The first-order valence-corrected chi connectivity index (χ1v) is 18.1. The summed E-state index contributed by atoms with van der Waals surface area (Å²) in [7, 11) is -2.38. The quantitative estimate of drug-likeness (QED) is 0.278. The molecule has 0 aliphatic rings. The Morgan fingerprint density at radius 1 is 0.529 bits per heavy atom. The fourth-order valence-corrected chi connectivity index (χ4v) is 16.6. The number of benzene rings is 2. The summed E-state index contributed by atoms with van der Waals surface area (Å²) in [5.74, 6) is 0. The van der Waals surface area contributed by atoms with E-state index in [1.165, 1.54) is 11.0 Å². The van der Waals surface area contributed by atoms with Crippen molar-refractivity contribution in [3.63, 3.8) is 0 Å². The number of hydrogen-bond acceptors (Lipinski definition) is 1. The zero-order valence-corrected chi connectivity index (χ0v) is 26.6. The molecule has 34 heavy (non-hydrogen) atoms. The molecule has 2 aromatic rings. The molecular formula is C30H50NP3. The maximum absolute atomic E-state index is 5.94. The van der Waals surface area contributed by atoms with Gasteiger partial charge in [0, 0.05) is 17.7 Å². The molecule has 2 rings (SSSR count). The van der Waals surface area contributed by atoms with Gasteiger partial charge in [0.05, 0.1) is 5.69 Å². The lowest BCUT2D eigenvalue weighted by Gasteiger charge is -2.38. The van der Waals surface area contributed by atoms with Crippen molar-refractivity contribution in [1.29, 1.82) is 0 Å². The molecule has 0 heterocycles. The van der Waals surface area contributed by atoms with Gasteiger partial charge in [0.1, 0.15) is 0 Å². The Labute approximate surface area is 214 Å². The molecule has 0 bridgehead atoms. The molecule has 0 aliphatic heterocycles. The Morgan fingerprint density at radius 3 is 1.35 bits per heavy atom. The first kappa shape index (κ1) is 29.8. The molecular weight excluding hydrogens is 467 g/mol. The summed E-state index contributed by atoms with van der Waals surface area (Å²) in [5.41, 5.74) is 4.90. The van der Waals surface area contributed by atoms with Gasteiger partial charge in [-0.05, 0) is 45.3 Å². The van der Waals surface area contributed by atoms with E-state index in [0.717, 1.165) is 0 Å². The zero-order valence-electron chi connectivity index (χ0n) is 23.9. The molecule has 0 fully saturated rings. The lowest BCUT2D eigenvalue weighted by molar-refractivity contribution is 1.00. The van der Waals surface area contributed by atoms with Crippen molar-refractivity contribution in [3.8, 4) is 0 Å². The molecule has 0 aliphatic carbocycles. The third-order valence-electron chi connectivity index (χ3n) is 6.78. The fourth-order valence-electron chi connectivity index (χ4n) is 5.67. The van der Waals surface area contributed by atoms with E-state index in [2.05, 4.69) is 132 Å². The molecule has 0 N–H and O–H groups in total. The van der Waals surface area contributed by atoms with Gasteiger partial charge in [-0.15, -0.1) is 0 Å². The summed E-state index contributed by atoms with van der Waals surface area (Å²) in [4.78, 5) is 0. The normalized spacial score (nSPS) is 13.1. The molecule has 0 spiro atoms. The fraction of sp³-hybridized carbons (Fsp3) is 0.600. The highest BCUT2D eigenvalue weighted by Crippen LogP contribution is 2.61. The summed E-state index contributed by atoms with van der Waals surface area (Å²) in [6.45, 7) is 28.9. The Kier molecular flexibility index (Phi) is 11.1. The highest BCUT2D eigenvalue weighted by Gasteiger charge is 2.35. The molecule has 1 nitrogen and oxygen atoms in total. The molecule has 0 saturated heterocycles. The van der Waals surface area contributed by atoms with Crippen LogP contribution in [0.1, 0.15) is 83.1 Å². The third-order valence-corrected chi connectivity index (χ3v) is 18.1. The van der Waals surface area contributed by atoms with Gasteiger partial charge < -0.3 is 0 Å². The van der Waals surface area contributed by atoms with Crippen molar-refractivity contribution in [2.45, 2.75) is 117 Å². The van der Waals surface area contributed by atoms with Gasteiger partial charge in [0.15, 0.2) is 0 Å². The van der Waals surface area contributed by atoms with Crippen LogP contribution >= 0.6 is 22.9 Å². The summed E-state index contributed by atoms with van der Waals surface area (Å²) < 4.78 is 5.94. The lowest BCUT2D eigenvalue weighted by atomic mass is 10.3. The number of hydrogen-bond donors (Lipinski definition) is 0. The minimum atomic E-state index is -1.86. The van der Waals surface area contributed by atoms with Gasteiger partial charge >= 0.3 is 0 Å². The second kappa shape index (κ2) is 12.7. The molecule has 0 amide bonds. The topological polar surface area (TPSA) is 12.4 Å². The van der Waals surface area contributed by atoms with E-state index in [-0.39, 0.29) is 15.8 Å². The first-order valence-electron chi connectivity index (χ1n) is 13.2. The predicted molar refractivity (Wildman–Crippen MR) is 165 cm³/mol. The van der Waals surface area contributed by atoms with Crippen molar-refractivity contribution in [3.05, 3.63) is 48.5 Å².